The van der Waals surface area contributed by atoms with Gasteiger partial charge in [0.1, 0.15) is 12.5 Å². The average Bonchev–Trinajstić information content (AvgIpc) is 2.66. The van der Waals surface area contributed by atoms with Gasteiger partial charge in [0.2, 0.25) is 0 Å². The van der Waals surface area contributed by atoms with Crippen LogP contribution in [0.15, 0.2) is 17.3 Å². The maximum Gasteiger partial charge on any atom is 0.163 e. The first-order chi connectivity index (χ1) is 8.17. The SMILES string of the molecule is CCC1OC(N2C=CC(N)=NC2)C(F)C1CO. The van der Waals surface area contributed by atoms with E-state index in [1.54, 1.807) is 17.2 Å². The number of ether oxygens (including phenoxy) is 1. The zero-order chi connectivity index (χ0) is 12.4. The number of alkyl halides is 1. The van der Waals surface area contributed by atoms with Crippen LogP contribution in [-0.2, 0) is 4.74 Å². The van der Waals surface area contributed by atoms with E-state index in [1.165, 1.54) is 0 Å². The predicted octanol–water partition coefficient (Wildman–Crippen LogP) is 0.212. The summed E-state index contributed by atoms with van der Waals surface area (Å²) < 4.78 is 19.8. The van der Waals surface area contributed by atoms with E-state index in [-0.39, 0.29) is 12.7 Å². The molecule has 0 spiro atoms. The number of hydrogen-bond donors (Lipinski definition) is 2. The lowest BCUT2D eigenvalue weighted by atomic mass is 9.98. The Morgan fingerprint density at radius 2 is 2.47 bits per heavy atom. The molecule has 2 aliphatic heterocycles. The van der Waals surface area contributed by atoms with Gasteiger partial charge in [-0.05, 0) is 12.5 Å². The van der Waals surface area contributed by atoms with Crippen LogP contribution in [0.1, 0.15) is 13.3 Å². The molecule has 6 heteroatoms. The van der Waals surface area contributed by atoms with Crippen LogP contribution >= 0.6 is 0 Å². The lowest BCUT2D eigenvalue weighted by Gasteiger charge is -2.28. The molecule has 0 radical (unpaired) electrons. The highest BCUT2D eigenvalue weighted by molar-refractivity contribution is 5.91. The number of nitrogens with two attached hydrogens (primary N) is 1. The largest absolute Gasteiger partial charge is 0.396 e. The van der Waals surface area contributed by atoms with Crippen molar-refractivity contribution in [2.24, 2.45) is 16.6 Å². The van der Waals surface area contributed by atoms with Crippen molar-refractivity contribution in [3.8, 4) is 0 Å². The molecule has 3 N–H and O–H groups in total. The zero-order valence-corrected chi connectivity index (χ0v) is 9.79. The number of aliphatic hydroxyl groups excluding tert-OH is 1. The average molecular weight is 243 g/mol. The minimum atomic E-state index is -1.20. The Morgan fingerprint density at radius 1 is 1.71 bits per heavy atom. The summed E-state index contributed by atoms with van der Waals surface area (Å²) >= 11 is 0. The molecule has 2 rings (SSSR count). The van der Waals surface area contributed by atoms with Crippen molar-refractivity contribution in [2.45, 2.75) is 31.8 Å². The number of nitrogens with zero attached hydrogens (tertiary/aromatic N) is 2. The highest BCUT2D eigenvalue weighted by atomic mass is 19.1. The van der Waals surface area contributed by atoms with Crippen molar-refractivity contribution in [3.63, 3.8) is 0 Å². The first-order valence-electron chi connectivity index (χ1n) is 5.81. The molecule has 4 unspecified atom stereocenters. The third-order valence-corrected chi connectivity index (χ3v) is 3.27. The van der Waals surface area contributed by atoms with E-state index in [4.69, 9.17) is 10.5 Å². The number of aliphatic hydroxyl groups is 1. The summed E-state index contributed by atoms with van der Waals surface area (Å²) in [7, 11) is 0. The van der Waals surface area contributed by atoms with E-state index in [0.717, 1.165) is 0 Å². The van der Waals surface area contributed by atoms with Crippen LogP contribution < -0.4 is 5.73 Å². The van der Waals surface area contributed by atoms with E-state index in [9.17, 15) is 9.50 Å². The van der Waals surface area contributed by atoms with Crippen LogP contribution in [0.2, 0.25) is 0 Å². The van der Waals surface area contributed by atoms with Gasteiger partial charge in [-0.25, -0.2) is 9.38 Å². The third kappa shape index (κ3) is 2.28. The summed E-state index contributed by atoms with van der Waals surface area (Å²) in [4.78, 5) is 5.68. The molecule has 0 aliphatic carbocycles. The summed E-state index contributed by atoms with van der Waals surface area (Å²) in [5, 5.41) is 9.19. The molecule has 5 nitrogen and oxygen atoms in total. The molecule has 0 saturated carbocycles. The Morgan fingerprint density at radius 3 is 2.94 bits per heavy atom. The van der Waals surface area contributed by atoms with Crippen molar-refractivity contribution < 1.29 is 14.2 Å². The molecule has 96 valence electrons. The quantitative estimate of drug-likeness (QED) is 0.743. The van der Waals surface area contributed by atoms with Crippen molar-refractivity contribution in [1.29, 1.82) is 0 Å². The van der Waals surface area contributed by atoms with Gasteiger partial charge in [0.25, 0.3) is 0 Å². The smallest absolute Gasteiger partial charge is 0.163 e. The lowest BCUT2D eigenvalue weighted by Crippen LogP contribution is -2.40. The van der Waals surface area contributed by atoms with Gasteiger partial charge in [-0.1, -0.05) is 6.92 Å². The van der Waals surface area contributed by atoms with Crippen LogP contribution in [0.25, 0.3) is 0 Å². The summed E-state index contributed by atoms with van der Waals surface area (Å²) in [5.74, 6) is -0.0259. The number of aliphatic imine (C=N–C) groups is 1. The minimum Gasteiger partial charge on any atom is -0.396 e. The Kier molecular flexibility index (Phi) is 3.63. The molecule has 0 amide bonds. The molecule has 0 bridgehead atoms. The number of amidine groups is 1. The minimum absolute atomic E-state index is 0.195. The van der Waals surface area contributed by atoms with Crippen molar-refractivity contribution in [2.75, 3.05) is 13.3 Å². The third-order valence-electron chi connectivity index (χ3n) is 3.27. The van der Waals surface area contributed by atoms with E-state index in [0.29, 0.717) is 18.9 Å². The molecule has 2 heterocycles. The van der Waals surface area contributed by atoms with Crippen LogP contribution in [0.5, 0.6) is 0 Å². The summed E-state index contributed by atoms with van der Waals surface area (Å²) in [5.41, 5.74) is 5.50. The van der Waals surface area contributed by atoms with Gasteiger partial charge in [-0.3, -0.25) is 0 Å². The Hall–Kier alpha value is -1.14. The number of halogens is 1. The first kappa shape index (κ1) is 12.3. The van der Waals surface area contributed by atoms with Gasteiger partial charge < -0.3 is 20.5 Å². The van der Waals surface area contributed by atoms with E-state index >= 15 is 0 Å². The van der Waals surface area contributed by atoms with E-state index in [2.05, 4.69) is 4.99 Å². The van der Waals surface area contributed by atoms with Crippen LogP contribution in [0, 0.1) is 5.92 Å². The molecule has 1 saturated heterocycles. The second kappa shape index (κ2) is 5.01. The van der Waals surface area contributed by atoms with Gasteiger partial charge in [0.05, 0.1) is 12.7 Å². The molecule has 0 aromatic rings. The Bertz CT molecular complexity index is 335. The predicted molar refractivity (Wildman–Crippen MR) is 61.9 cm³/mol. The van der Waals surface area contributed by atoms with Gasteiger partial charge in [-0.15, -0.1) is 0 Å². The highest BCUT2D eigenvalue weighted by Crippen LogP contribution is 2.33. The second-order valence-electron chi connectivity index (χ2n) is 4.32. The number of rotatable bonds is 3. The Balaban J connectivity index is 2.06. The topological polar surface area (TPSA) is 71.1 Å². The summed E-state index contributed by atoms with van der Waals surface area (Å²) in [6.45, 7) is 2.02. The molecule has 17 heavy (non-hydrogen) atoms. The molecular weight excluding hydrogens is 225 g/mol. The lowest BCUT2D eigenvalue weighted by molar-refractivity contribution is -0.0543. The fourth-order valence-electron chi connectivity index (χ4n) is 2.25. The van der Waals surface area contributed by atoms with Crippen LogP contribution in [0.3, 0.4) is 0 Å². The van der Waals surface area contributed by atoms with Crippen molar-refractivity contribution in [3.05, 3.63) is 12.3 Å². The standard InChI is InChI=1S/C11H18FN3O2/c1-2-8-7(5-16)10(12)11(17-8)15-4-3-9(13)14-6-15/h3-4,7-8,10-11,16H,2,5-6H2,1H3,(H2,13,14). The maximum absolute atomic E-state index is 14.1. The first-order valence-corrected chi connectivity index (χ1v) is 5.81. The van der Waals surface area contributed by atoms with Crippen molar-refractivity contribution in [1.82, 2.24) is 4.90 Å². The van der Waals surface area contributed by atoms with Crippen LogP contribution in [-0.4, -0.2) is 47.6 Å². The fourth-order valence-corrected chi connectivity index (χ4v) is 2.25. The van der Waals surface area contributed by atoms with Gasteiger partial charge in [0.15, 0.2) is 12.4 Å². The fraction of sp³-hybridized carbons (Fsp3) is 0.727. The molecule has 0 aromatic carbocycles. The van der Waals surface area contributed by atoms with E-state index in [1.807, 2.05) is 6.92 Å². The monoisotopic (exact) mass is 243 g/mol. The second-order valence-corrected chi connectivity index (χ2v) is 4.32. The van der Waals surface area contributed by atoms with E-state index < -0.39 is 18.3 Å². The molecule has 0 aromatic heterocycles. The zero-order valence-electron chi connectivity index (χ0n) is 9.79. The van der Waals surface area contributed by atoms with Crippen molar-refractivity contribution >= 4 is 5.84 Å². The molecule has 1 fully saturated rings. The highest BCUT2D eigenvalue weighted by Gasteiger charge is 2.46. The van der Waals surface area contributed by atoms with Gasteiger partial charge in [-0.2, -0.15) is 0 Å². The van der Waals surface area contributed by atoms with Gasteiger partial charge >= 0.3 is 0 Å². The molecule has 4 atom stereocenters. The van der Waals surface area contributed by atoms with Crippen LogP contribution in [0.4, 0.5) is 4.39 Å². The summed E-state index contributed by atoms with van der Waals surface area (Å²) in [6.07, 6.45) is 1.87. The normalized spacial score (nSPS) is 37.4. The summed E-state index contributed by atoms with van der Waals surface area (Å²) in [6, 6.07) is 0. The Labute approximate surface area is 99.8 Å². The molecule has 2 aliphatic rings. The maximum atomic E-state index is 14.1. The number of hydrogen-bond acceptors (Lipinski definition) is 5. The van der Waals surface area contributed by atoms with Gasteiger partial charge in [0, 0.05) is 12.1 Å². The molecular formula is C11H18FN3O2.